The Morgan fingerprint density at radius 3 is 1.87 bits per heavy atom. The number of hydrogen-bond donors (Lipinski definition) is 2. The van der Waals surface area contributed by atoms with Crippen LogP contribution in [0, 0.1) is 0 Å². The molecule has 6 nitrogen and oxygen atoms in total. The molecule has 15 heavy (non-hydrogen) atoms. The molecule has 0 aliphatic carbocycles. The maximum atomic E-state index is 11.0. The Labute approximate surface area is 84.2 Å². The maximum Gasteiger partial charge on any atom is 0.435 e. The third-order valence-corrected chi connectivity index (χ3v) is 2.12. The lowest BCUT2D eigenvalue weighted by atomic mass is 10.3. The van der Waals surface area contributed by atoms with Crippen molar-refractivity contribution < 1.29 is 19.1 Å². The zero-order valence-electron chi connectivity index (χ0n) is 7.44. The minimum atomic E-state index is -1.56. The third-order valence-electron chi connectivity index (χ3n) is 2.12. The van der Waals surface area contributed by atoms with Gasteiger partial charge in [0.15, 0.2) is 11.5 Å². The van der Waals surface area contributed by atoms with Crippen LogP contribution < -0.4 is 20.1 Å². The lowest BCUT2D eigenvalue weighted by Gasteiger charge is -2.19. The second-order valence-corrected chi connectivity index (χ2v) is 3.18. The van der Waals surface area contributed by atoms with Gasteiger partial charge in [-0.05, 0) is 12.1 Å². The van der Waals surface area contributed by atoms with Crippen LogP contribution in [0.2, 0.25) is 0 Å². The molecule has 1 aromatic carbocycles. The highest BCUT2D eigenvalue weighted by molar-refractivity contribution is 6.37. The lowest BCUT2D eigenvalue weighted by Crippen LogP contribution is -2.57. The van der Waals surface area contributed by atoms with Gasteiger partial charge in [-0.15, -0.1) is 0 Å². The van der Waals surface area contributed by atoms with E-state index >= 15 is 0 Å². The Hall–Kier alpha value is -2.24. The number of rotatable bonds is 0. The van der Waals surface area contributed by atoms with Gasteiger partial charge in [-0.1, -0.05) is 12.1 Å². The van der Waals surface area contributed by atoms with Crippen LogP contribution in [0.25, 0.3) is 0 Å². The predicted molar refractivity (Wildman–Crippen MR) is 46.7 cm³/mol. The first-order valence-electron chi connectivity index (χ1n) is 4.30. The highest BCUT2D eigenvalue weighted by Crippen LogP contribution is 2.37. The fraction of sp³-hybridized carbons (Fsp3) is 0.111. The van der Waals surface area contributed by atoms with Crippen LogP contribution in [0.15, 0.2) is 24.3 Å². The van der Waals surface area contributed by atoms with Crippen molar-refractivity contribution in [3.05, 3.63) is 24.3 Å². The molecule has 2 aliphatic rings. The van der Waals surface area contributed by atoms with E-state index in [0.717, 1.165) is 0 Å². The molecule has 76 valence electrons. The highest BCUT2D eigenvalue weighted by Gasteiger charge is 2.52. The normalized spacial score (nSPS) is 20.3. The van der Waals surface area contributed by atoms with Gasteiger partial charge >= 0.3 is 17.8 Å². The van der Waals surface area contributed by atoms with Gasteiger partial charge in [0.05, 0.1) is 0 Å². The average molecular weight is 206 g/mol. The van der Waals surface area contributed by atoms with Crippen LogP contribution in [-0.4, -0.2) is 17.8 Å². The first-order valence-corrected chi connectivity index (χ1v) is 4.30. The Kier molecular flexibility index (Phi) is 1.30. The molecule has 1 aromatic rings. The molecule has 2 aliphatic heterocycles. The fourth-order valence-corrected chi connectivity index (χ4v) is 1.50. The summed E-state index contributed by atoms with van der Waals surface area (Å²) in [6, 6.07) is 5.33. The molecule has 1 fully saturated rings. The first-order chi connectivity index (χ1) is 7.19. The average Bonchev–Trinajstić information content (AvgIpc) is 2.66. The summed E-state index contributed by atoms with van der Waals surface area (Å²) in [7, 11) is 0. The zero-order chi connectivity index (χ0) is 10.5. The van der Waals surface area contributed by atoms with Crippen molar-refractivity contribution in [1.29, 1.82) is 0 Å². The molecule has 0 radical (unpaired) electrons. The van der Waals surface area contributed by atoms with Crippen LogP contribution >= 0.6 is 0 Å². The first kappa shape index (κ1) is 8.10. The van der Waals surface area contributed by atoms with E-state index in [9.17, 15) is 9.59 Å². The van der Waals surface area contributed by atoms with Gasteiger partial charge in [-0.25, -0.2) is 0 Å². The van der Waals surface area contributed by atoms with Crippen LogP contribution in [0.4, 0.5) is 0 Å². The van der Waals surface area contributed by atoms with Crippen LogP contribution in [0.1, 0.15) is 0 Å². The molecule has 1 spiro atoms. The van der Waals surface area contributed by atoms with E-state index in [1.165, 1.54) is 0 Å². The molecule has 2 amide bonds. The van der Waals surface area contributed by atoms with E-state index in [1.54, 1.807) is 24.3 Å². The van der Waals surface area contributed by atoms with Crippen molar-refractivity contribution in [1.82, 2.24) is 10.6 Å². The summed E-state index contributed by atoms with van der Waals surface area (Å²) in [5.74, 6) is -0.606. The number of carbonyl (C=O) groups is 2. The van der Waals surface area contributed by atoms with Crippen molar-refractivity contribution in [3.63, 3.8) is 0 Å². The quantitative estimate of drug-likeness (QED) is 0.551. The molecule has 0 aromatic heterocycles. The van der Waals surface area contributed by atoms with Gasteiger partial charge in [-0.3, -0.25) is 20.2 Å². The van der Waals surface area contributed by atoms with E-state index in [1.807, 2.05) is 0 Å². The summed E-state index contributed by atoms with van der Waals surface area (Å²) < 4.78 is 10.6. The van der Waals surface area contributed by atoms with E-state index < -0.39 is 17.8 Å². The second-order valence-electron chi connectivity index (χ2n) is 3.18. The van der Waals surface area contributed by atoms with E-state index in [-0.39, 0.29) is 0 Å². The highest BCUT2D eigenvalue weighted by atomic mass is 16.8. The molecule has 0 saturated carbocycles. The van der Waals surface area contributed by atoms with Gasteiger partial charge < -0.3 is 9.47 Å². The van der Waals surface area contributed by atoms with Gasteiger partial charge in [0, 0.05) is 0 Å². The Bertz CT molecular complexity index is 428. The summed E-state index contributed by atoms with van der Waals surface area (Å²) in [5.41, 5.74) is 0. The van der Waals surface area contributed by atoms with E-state index in [4.69, 9.17) is 9.47 Å². The van der Waals surface area contributed by atoms with Crippen molar-refractivity contribution >= 4 is 11.8 Å². The van der Waals surface area contributed by atoms with Gasteiger partial charge in [-0.2, -0.15) is 0 Å². The van der Waals surface area contributed by atoms with Crippen LogP contribution in [-0.2, 0) is 9.59 Å². The maximum absolute atomic E-state index is 11.0. The van der Waals surface area contributed by atoms with Crippen LogP contribution in [0.5, 0.6) is 11.5 Å². The summed E-state index contributed by atoms with van der Waals surface area (Å²) >= 11 is 0. The van der Waals surface area contributed by atoms with E-state index in [0.29, 0.717) is 11.5 Å². The zero-order valence-corrected chi connectivity index (χ0v) is 7.44. The smallest absolute Gasteiger partial charge is 0.414 e. The number of hydrogen-bond acceptors (Lipinski definition) is 4. The Morgan fingerprint density at radius 2 is 1.40 bits per heavy atom. The van der Waals surface area contributed by atoms with E-state index in [2.05, 4.69) is 10.6 Å². The number of amides is 2. The minimum Gasteiger partial charge on any atom is -0.414 e. The molecule has 0 unspecified atom stereocenters. The minimum absolute atomic E-state index is 0.472. The van der Waals surface area contributed by atoms with Gasteiger partial charge in [0.25, 0.3) is 0 Å². The van der Waals surface area contributed by atoms with Crippen LogP contribution in [0.3, 0.4) is 0 Å². The molecule has 1 saturated heterocycles. The Morgan fingerprint density at radius 1 is 0.933 bits per heavy atom. The molecule has 0 bridgehead atoms. The number of carbonyl (C=O) groups excluding carboxylic acids is 2. The van der Waals surface area contributed by atoms with Crippen molar-refractivity contribution in [2.45, 2.75) is 6.03 Å². The lowest BCUT2D eigenvalue weighted by molar-refractivity contribution is -0.135. The molecule has 0 atom stereocenters. The predicted octanol–water partition coefficient (Wildman–Crippen LogP) is -0.685. The molecular formula is C9H6N2O4. The molecule has 2 N–H and O–H groups in total. The molecule has 6 heteroatoms. The van der Waals surface area contributed by atoms with Gasteiger partial charge in [0.1, 0.15) is 0 Å². The number of ether oxygens (including phenoxy) is 2. The SMILES string of the molecule is O=C1NC2(NC1=O)Oc1ccccc1O2. The fourth-order valence-electron chi connectivity index (χ4n) is 1.50. The standard InChI is InChI=1S/C9H6N2O4/c12-7-8(13)11-9(10-7)14-5-3-1-2-4-6(5)15-9/h1-4H,(H,10,12)(H,11,13). The van der Waals surface area contributed by atoms with Gasteiger partial charge in [0.2, 0.25) is 0 Å². The molecular weight excluding hydrogens is 200 g/mol. The Balaban J connectivity index is 1.96. The summed E-state index contributed by atoms with van der Waals surface area (Å²) in [4.78, 5) is 22.0. The third kappa shape index (κ3) is 1.04. The number of fused-ring (bicyclic) bond motifs is 1. The number of para-hydroxylation sites is 2. The topological polar surface area (TPSA) is 76.7 Å². The molecule has 3 rings (SSSR count). The largest absolute Gasteiger partial charge is 0.435 e. The van der Waals surface area contributed by atoms with Crippen molar-refractivity contribution in [2.24, 2.45) is 0 Å². The molecule has 2 heterocycles. The monoisotopic (exact) mass is 206 g/mol. The summed E-state index contributed by atoms with van der Waals surface area (Å²) in [5, 5.41) is 4.56. The summed E-state index contributed by atoms with van der Waals surface area (Å²) in [6.45, 7) is 0. The van der Waals surface area contributed by atoms with Crippen molar-refractivity contribution in [3.8, 4) is 11.5 Å². The summed E-state index contributed by atoms with van der Waals surface area (Å²) in [6.07, 6.45) is 0. The van der Waals surface area contributed by atoms with Crippen molar-refractivity contribution in [2.75, 3.05) is 0 Å². The second kappa shape index (κ2) is 2.41. The number of benzene rings is 1. The number of nitrogens with one attached hydrogen (secondary N) is 2.